The highest BCUT2D eigenvalue weighted by Crippen LogP contribution is 2.13. The van der Waals surface area contributed by atoms with Crippen molar-refractivity contribution in [3.63, 3.8) is 0 Å². The molecule has 1 aromatic rings. The van der Waals surface area contributed by atoms with Gasteiger partial charge in [-0.3, -0.25) is 0 Å². The maximum absolute atomic E-state index is 3.35. The summed E-state index contributed by atoms with van der Waals surface area (Å²) in [5.74, 6) is 0. The van der Waals surface area contributed by atoms with Crippen molar-refractivity contribution in [3.8, 4) is 0 Å². The van der Waals surface area contributed by atoms with E-state index in [1.54, 1.807) is 0 Å². The van der Waals surface area contributed by atoms with E-state index in [1.165, 1.54) is 23.1 Å². The van der Waals surface area contributed by atoms with Crippen molar-refractivity contribution in [1.29, 1.82) is 0 Å². The molecule has 0 aliphatic rings. The molecule has 0 spiro atoms. The number of nitrogens with one attached hydrogen (secondary N) is 1. The van der Waals surface area contributed by atoms with Crippen LogP contribution in [0.1, 0.15) is 30.0 Å². The summed E-state index contributed by atoms with van der Waals surface area (Å²) < 4.78 is 0. The van der Waals surface area contributed by atoms with Gasteiger partial charge in [-0.2, -0.15) is 0 Å². The molecule has 1 atom stereocenters. The van der Waals surface area contributed by atoms with Crippen LogP contribution < -0.4 is 5.32 Å². The zero-order valence-electron chi connectivity index (χ0n) is 9.72. The summed E-state index contributed by atoms with van der Waals surface area (Å²) in [6.07, 6.45) is 2.32. The number of likely N-dealkylation sites (N-methyl/N-ethyl adjacent to an activating group) is 1. The molecule has 0 saturated carbocycles. The van der Waals surface area contributed by atoms with Crippen molar-refractivity contribution < 1.29 is 0 Å². The minimum atomic E-state index is 0.607. The van der Waals surface area contributed by atoms with Gasteiger partial charge in [0.05, 0.1) is 0 Å². The Morgan fingerprint density at radius 1 is 1.29 bits per heavy atom. The Hall–Kier alpha value is -0.820. The minimum Gasteiger partial charge on any atom is -0.317 e. The fraction of sp³-hybridized carbons (Fsp3) is 0.538. The summed E-state index contributed by atoms with van der Waals surface area (Å²) in [4.78, 5) is 0. The van der Waals surface area contributed by atoms with Crippen LogP contribution in [0.5, 0.6) is 0 Å². The van der Waals surface area contributed by atoms with Crippen LogP contribution in [-0.2, 0) is 6.42 Å². The van der Waals surface area contributed by atoms with Gasteiger partial charge in [0.25, 0.3) is 0 Å². The van der Waals surface area contributed by atoms with Crippen LogP contribution in [0.4, 0.5) is 0 Å². The monoisotopic (exact) mass is 191 g/mol. The largest absolute Gasteiger partial charge is 0.317 e. The first-order valence-electron chi connectivity index (χ1n) is 5.40. The number of aryl methyl sites for hydroxylation is 2. The number of hydrogen-bond donors (Lipinski definition) is 1. The first-order valence-corrected chi connectivity index (χ1v) is 5.40. The van der Waals surface area contributed by atoms with Gasteiger partial charge < -0.3 is 5.32 Å². The van der Waals surface area contributed by atoms with E-state index in [9.17, 15) is 0 Å². The molecule has 1 N–H and O–H groups in total. The molecule has 1 aromatic carbocycles. The summed E-state index contributed by atoms with van der Waals surface area (Å²) >= 11 is 0. The highest BCUT2D eigenvalue weighted by Gasteiger charge is 2.06. The van der Waals surface area contributed by atoms with E-state index in [4.69, 9.17) is 0 Å². The van der Waals surface area contributed by atoms with Gasteiger partial charge in [0.15, 0.2) is 0 Å². The van der Waals surface area contributed by atoms with Crippen LogP contribution in [0.2, 0.25) is 0 Å². The van der Waals surface area contributed by atoms with Crippen LogP contribution in [0.3, 0.4) is 0 Å². The van der Waals surface area contributed by atoms with Gasteiger partial charge >= 0.3 is 0 Å². The number of hydrogen-bond acceptors (Lipinski definition) is 1. The lowest BCUT2D eigenvalue weighted by Crippen LogP contribution is -2.26. The maximum atomic E-state index is 3.35. The first-order chi connectivity index (χ1) is 6.67. The summed E-state index contributed by atoms with van der Waals surface area (Å²) in [6.45, 7) is 6.58. The predicted molar refractivity (Wildman–Crippen MR) is 62.8 cm³/mol. The predicted octanol–water partition coefficient (Wildman–Crippen LogP) is 2.84. The number of benzene rings is 1. The molecule has 0 saturated heterocycles. The van der Waals surface area contributed by atoms with Crippen molar-refractivity contribution in [2.75, 3.05) is 7.05 Å². The standard InChI is InChI=1S/C13H21N/c1-5-13(14-4)9-12-8-10(2)6-7-11(12)3/h6-8,13-14H,5,9H2,1-4H3. The normalized spacial score (nSPS) is 12.9. The van der Waals surface area contributed by atoms with Crippen molar-refractivity contribution in [1.82, 2.24) is 5.32 Å². The van der Waals surface area contributed by atoms with Crippen LogP contribution in [-0.4, -0.2) is 13.1 Å². The zero-order valence-corrected chi connectivity index (χ0v) is 9.72. The van der Waals surface area contributed by atoms with Gasteiger partial charge in [0, 0.05) is 6.04 Å². The summed E-state index contributed by atoms with van der Waals surface area (Å²) in [5.41, 5.74) is 4.24. The van der Waals surface area contributed by atoms with E-state index < -0.39 is 0 Å². The van der Waals surface area contributed by atoms with E-state index in [1.807, 2.05) is 7.05 Å². The zero-order chi connectivity index (χ0) is 10.6. The molecular weight excluding hydrogens is 170 g/mol. The molecule has 0 aliphatic heterocycles. The molecule has 78 valence electrons. The number of rotatable bonds is 4. The van der Waals surface area contributed by atoms with Gasteiger partial charge in [-0.05, 0) is 44.9 Å². The Morgan fingerprint density at radius 2 is 2.00 bits per heavy atom. The third-order valence-corrected chi connectivity index (χ3v) is 2.87. The van der Waals surface area contributed by atoms with E-state index >= 15 is 0 Å². The fourth-order valence-electron chi connectivity index (χ4n) is 1.74. The topological polar surface area (TPSA) is 12.0 Å². The molecule has 1 rings (SSSR count). The lowest BCUT2D eigenvalue weighted by molar-refractivity contribution is 0.542. The van der Waals surface area contributed by atoms with Gasteiger partial charge in [0.2, 0.25) is 0 Å². The highest BCUT2D eigenvalue weighted by atomic mass is 14.9. The first kappa shape index (κ1) is 11.3. The minimum absolute atomic E-state index is 0.607. The van der Waals surface area contributed by atoms with Crippen molar-refractivity contribution in [2.24, 2.45) is 0 Å². The van der Waals surface area contributed by atoms with E-state index in [0.29, 0.717) is 6.04 Å². The molecule has 0 radical (unpaired) electrons. The molecule has 0 aliphatic carbocycles. The van der Waals surface area contributed by atoms with Gasteiger partial charge in [-0.15, -0.1) is 0 Å². The fourth-order valence-corrected chi connectivity index (χ4v) is 1.74. The molecular formula is C13H21N. The molecule has 0 aromatic heterocycles. The van der Waals surface area contributed by atoms with Gasteiger partial charge in [-0.1, -0.05) is 30.7 Å². The summed E-state index contributed by atoms with van der Waals surface area (Å²) in [6, 6.07) is 7.30. The Balaban J connectivity index is 2.79. The smallest absolute Gasteiger partial charge is 0.0102 e. The summed E-state index contributed by atoms with van der Waals surface area (Å²) in [5, 5.41) is 3.35. The second-order valence-corrected chi connectivity index (χ2v) is 4.03. The third kappa shape index (κ3) is 2.85. The van der Waals surface area contributed by atoms with Crippen LogP contribution >= 0.6 is 0 Å². The van der Waals surface area contributed by atoms with E-state index in [-0.39, 0.29) is 0 Å². The van der Waals surface area contributed by atoms with Crippen LogP contribution in [0.25, 0.3) is 0 Å². The Bertz CT molecular complexity index is 287. The van der Waals surface area contributed by atoms with Crippen LogP contribution in [0, 0.1) is 13.8 Å². The van der Waals surface area contributed by atoms with Crippen LogP contribution in [0.15, 0.2) is 18.2 Å². The summed E-state index contributed by atoms with van der Waals surface area (Å²) in [7, 11) is 2.04. The second-order valence-electron chi connectivity index (χ2n) is 4.03. The average Bonchev–Trinajstić information content (AvgIpc) is 2.19. The quantitative estimate of drug-likeness (QED) is 0.771. The molecule has 1 unspecified atom stereocenters. The maximum Gasteiger partial charge on any atom is 0.0102 e. The van der Waals surface area contributed by atoms with Gasteiger partial charge in [-0.25, -0.2) is 0 Å². The van der Waals surface area contributed by atoms with Gasteiger partial charge in [0.1, 0.15) is 0 Å². The van der Waals surface area contributed by atoms with Crippen molar-refractivity contribution in [3.05, 3.63) is 34.9 Å². The molecule has 0 amide bonds. The SMILES string of the molecule is CCC(Cc1cc(C)ccc1C)NC. The molecule has 1 heteroatoms. The molecule has 14 heavy (non-hydrogen) atoms. The lowest BCUT2D eigenvalue weighted by atomic mass is 9.98. The highest BCUT2D eigenvalue weighted by molar-refractivity contribution is 5.31. The average molecular weight is 191 g/mol. The van der Waals surface area contributed by atoms with Crippen molar-refractivity contribution >= 4 is 0 Å². The molecule has 1 nitrogen and oxygen atoms in total. The molecule has 0 bridgehead atoms. The Labute approximate surface area is 87.5 Å². The van der Waals surface area contributed by atoms with E-state index in [0.717, 1.165) is 6.42 Å². The second kappa shape index (κ2) is 5.16. The third-order valence-electron chi connectivity index (χ3n) is 2.87. The Morgan fingerprint density at radius 3 is 2.57 bits per heavy atom. The Kier molecular flexibility index (Phi) is 4.15. The van der Waals surface area contributed by atoms with Crippen molar-refractivity contribution in [2.45, 2.75) is 39.7 Å². The molecule has 0 heterocycles. The molecule has 0 fully saturated rings. The van der Waals surface area contributed by atoms with E-state index in [2.05, 4.69) is 44.3 Å². The lowest BCUT2D eigenvalue weighted by Gasteiger charge is -2.15.